The summed E-state index contributed by atoms with van der Waals surface area (Å²) in [5, 5.41) is 0. The van der Waals surface area contributed by atoms with Crippen molar-refractivity contribution in [3.05, 3.63) is 34.3 Å². The van der Waals surface area contributed by atoms with E-state index < -0.39 is 0 Å². The van der Waals surface area contributed by atoms with Crippen LogP contribution in [-0.4, -0.2) is 30.9 Å². The minimum Gasteiger partial charge on any atom is -0.345 e. The molecule has 0 spiro atoms. The molecule has 1 amide bonds. The molecule has 0 saturated heterocycles. The Morgan fingerprint density at radius 1 is 1.40 bits per heavy atom. The van der Waals surface area contributed by atoms with Gasteiger partial charge in [0.2, 0.25) is 5.91 Å². The number of carbonyl (C=O) groups is 1. The van der Waals surface area contributed by atoms with E-state index in [2.05, 4.69) is 22.0 Å². The van der Waals surface area contributed by atoms with Gasteiger partial charge in [0.15, 0.2) is 0 Å². The largest absolute Gasteiger partial charge is 0.345 e. The van der Waals surface area contributed by atoms with Crippen LogP contribution in [0.1, 0.15) is 31.2 Å². The van der Waals surface area contributed by atoms with Gasteiger partial charge in [-0.05, 0) is 37.4 Å². The van der Waals surface area contributed by atoms with Crippen LogP contribution in [0.3, 0.4) is 0 Å². The van der Waals surface area contributed by atoms with Gasteiger partial charge in [0.1, 0.15) is 0 Å². The first kappa shape index (κ1) is 15.5. The highest BCUT2D eigenvalue weighted by molar-refractivity contribution is 9.10. The van der Waals surface area contributed by atoms with E-state index in [-0.39, 0.29) is 11.3 Å². The normalized spacial score (nSPS) is 16.6. The standard InChI is InChI=1S/C16H23BrN2O/c1-19(12-16(11-18)9-4-10-16)15(20)8-7-13-5-2-3-6-14(13)17/h2-3,5-6H,4,7-12,18H2,1H3. The fraction of sp³-hybridized carbons (Fsp3) is 0.562. The Kier molecular flexibility index (Phi) is 5.22. The number of carbonyl (C=O) groups excluding carboxylic acids is 1. The van der Waals surface area contributed by atoms with Gasteiger partial charge < -0.3 is 10.6 Å². The number of hydrogen-bond acceptors (Lipinski definition) is 2. The van der Waals surface area contributed by atoms with Crippen LogP contribution in [0.2, 0.25) is 0 Å². The Morgan fingerprint density at radius 3 is 2.65 bits per heavy atom. The molecule has 1 saturated carbocycles. The molecule has 0 atom stereocenters. The van der Waals surface area contributed by atoms with Crippen molar-refractivity contribution in [2.45, 2.75) is 32.1 Å². The number of benzene rings is 1. The van der Waals surface area contributed by atoms with Crippen molar-refractivity contribution in [1.29, 1.82) is 0 Å². The molecule has 110 valence electrons. The van der Waals surface area contributed by atoms with E-state index in [1.54, 1.807) is 0 Å². The zero-order valence-electron chi connectivity index (χ0n) is 12.1. The molecular formula is C16H23BrN2O. The van der Waals surface area contributed by atoms with E-state index in [4.69, 9.17) is 5.73 Å². The van der Waals surface area contributed by atoms with E-state index in [0.717, 1.165) is 30.3 Å². The van der Waals surface area contributed by atoms with Crippen molar-refractivity contribution >= 4 is 21.8 Å². The van der Waals surface area contributed by atoms with Crippen LogP contribution in [0.25, 0.3) is 0 Å². The lowest BCUT2D eigenvalue weighted by atomic mass is 9.68. The van der Waals surface area contributed by atoms with Crippen molar-refractivity contribution in [2.24, 2.45) is 11.1 Å². The van der Waals surface area contributed by atoms with Crippen molar-refractivity contribution in [3.63, 3.8) is 0 Å². The molecule has 0 heterocycles. The van der Waals surface area contributed by atoms with Gasteiger partial charge in [-0.3, -0.25) is 4.79 Å². The van der Waals surface area contributed by atoms with Gasteiger partial charge in [0, 0.05) is 29.9 Å². The lowest BCUT2D eigenvalue weighted by molar-refractivity contribution is -0.132. The fourth-order valence-corrected chi connectivity index (χ4v) is 3.31. The van der Waals surface area contributed by atoms with Crippen LogP contribution in [-0.2, 0) is 11.2 Å². The number of amides is 1. The summed E-state index contributed by atoms with van der Waals surface area (Å²) in [6, 6.07) is 8.07. The molecule has 2 rings (SSSR count). The molecule has 1 aliphatic rings. The lowest BCUT2D eigenvalue weighted by Gasteiger charge is -2.43. The van der Waals surface area contributed by atoms with Crippen LogP contribution in [0.4, 0.5) is 0 Å². The summed E-state index contributed by atoms with van der Waals surface area (Å²) < 4.78 is 1.08. The lowest BCUT2D eigenvalue weighted by Crippen LogP contribution is -2.47. The molecule has 0 bridgehead atoms. The van der Waals surface area contributed by atoms with E-state index >= 15 is 0 Å². The predicted molar refractivity (Wildman–Crippen MR) is 85.4 cm³/mol. The highest BCUT2D eigenvalue weighted by Crippen LogP contribution is 2.40. The molecule has 3 nitrogen and oxygen atoms in total. The summed E-state index contributed by atoms with van der Waals surface area (Å²) in [6.07, 6.45) is 4.90. The molecule has 4 heteroatoms. The Hall–Kier alpha value is -0.870. The van der Waals surface area contributed by atoms with Crippen LogP contribution >= 0.6 is 15.9 Å². The Balaban J connectivity index is 1.84. The second-order valence-electron chi connectivity index (χ2n) is 5.90. The third kappa shape index (κ3) is 3.61. The number of aryl methyl sites for hydroxylation is 1. The molecule has 2 N–H and O–H groups in total. The molecule has 0 radical (unpaired) electrons. The highest BCUT2D eigenvalue weighted by Gasteiger charge is 2.37. The number of hydrogen-bond donors (Lipinski definition) is 1. The Bertz CT molecular complexity index is 466. The minimum atomic E-state index is 0.192. The summed E-state index contributed by atoms with van der Waals surface area (Å²) in [5.41, 5.74) is 7.24. The summed E-state index contributed by atoms with van der Waals surface area (Å²) in [5.74, 6) is 0.209. The first-order valence-corrected chi connectivity index (χ1v) is 8.03. The molecule has 1 aromatic rings. The molecule has 20 heavy (non-hydrogen) atoms. The van der Waals surface area contributed by atoms with Gasteiger partial charge in [-0.2, -0.15) is 0 Å². The monoisotopic (exact) mass is 338 g/mol. The summed E-state index contributed by atoms with van der Waals surface area (Å²) in [6.45, 7) is 1.49. The zero-order valence-corrected chi connectivity index (χ0v) is 13.7. The van der Waals surface area contributed by atoms with Crippen LogP contribution < -0.4 is 5.73 Å². The molecule has 1 aromatic carbocycles. The van der Waals surface area contributed by atoms with Crippen LogP contribution in [0.5, 0.6) is 0 Å². The highest BCUT2D eigenvalue weighted by atomic mass is 79.9. The van der Waals surface area contributed by atoms with Gasteiger partial charge in [-0.25, -0.2) is 0 Å². The summed E-state index contributed by atoms with van der Waals surface area (Å²) in [7, 11) is 1.90. The Labute approximate surface area is 129 Å². The van der Waals surface area contributed by atoms with Crippen LogP contribution in [0.15, 0.2) is 28.7 Å². The van der Waals surface area contributed by atoms with E-state index in [1.165, 1.54) is 12.0 Å². The maximum Gasteiger partial charge on any atom is 0.222 e. The smallest absolute Gasteiger partial charge is 0.222 e. The fourth-order valence-electron chi connectivity index (χ4n) is 2.83. The van der Waals surface area contributed by atoms with Gasteiger partial charge in [0.05, 0.1) is 0 Å². The molecule has 0 unspecified atom stereocenters. The van der Waals surface area contributed by atoms with Gasteiger partial charge in [0.25, 0.3) is 0 Å². The second kappa shape index (κ2) is 6.72. The van der Waals surface area contributed by atoms with E-state index in [1.807, 2.05) is 30.1 Å². The number of halogens is 1. The topological polar surface area (TPSA) is 46.3 Å². The van der Waals surface area contributed by atoms with Crippen molar-refractivity contribution in [2.75, 3.05) is 20.1 Å². The average molecular weight is 339 g/mol. The molecule has 0 aliphatic heterocycles. The minimum absolute atomic E-state index is 0.192. The number of nitrogens with zero attached hydrogens (tertiary/aromatic N) is 1. The van der Waals surface area contributed by atoms with Gasteiger partial charge in [-0.15, -0.1) is 0 Å². The number of nitrogens with two attached hydrogens (primary N) is 1. The summed E-state index contributed by atoms with van der Waals surface area (Å²) >= 11 is 3.52. The predicted octanol–water partition coefficient (Wildman–Crippen LogP) is 2.97. The molecule has 0 aromatic heterocycles. The molecule has 1 aliphatic carbocycles. The van der Waals surface area contributed by atoms with Crippen LogP contribution in [0, 0.1) is 5.41 Å². The molecular weight excluding hydrogens is 316 g/mol. The van der Waals surface area contributed by atoms with E-state index in [9.17, 15) is 4.79 Å². The SMILES string of the molecule is CN(CC1(CN)CCC1)C(=O)CCc1ccccc1Br. The molecule has 1 fully saturated rings. The zero-order chi connectivity index (χ0) is 14.6. The van der Waals surface area contributed by atoms with Gasteiger partial charge >= 0.3 is 0 Å². The average Bonchev–Trinajstić information content (AvgIpc) is 2.41. The first-order chi connectivity index (χ1) is 9.56. The van der Waals surface area contributed by atoms with Gasteiger partial charge in [-0.1, -0.05) is 40.5 Å². The quantitative estimate of drug-likeness (QED) is 0.866. The maximum atomic E-state index is 12.2. The van der Waals surface area contributed by atoms with Crippen molar-refractivity contribution in [3.8, 4) is 0 Å². The third-order valence-electron chi connectivity index (χ3n) is 4.41. The van der Waals surface area contributed by atoms with E-state index in [0.29, 0.717) is 13.0 Å². The Morgan fingerprint density at radius 2 is 2.10 bits per heavy atom. The van der Waals surface area contributed by atoms with Crippen molar-refractivity contribution < 1.29 is 4.79 Å². The summed E-state index contributed by atoms with van der Waals surface area (Å²) in [4.78, 5) is 14.1. The maximum absolute atomic E-state index is 12.2. The number of rotatable bonds is 6. The first-order valence-electron chi connectivity index (χ1n) is 7.24. The second-order valence-corrected chi connectivity index (χ2v) is 6.75. The van der Waals surface area contributed by atoms with Crippen molar-refractivity contribution in [1.82, 2.24) is 4.90 Å². The third-order valence-corrected chi connectivity index (χ3v) is 5.19.